The quantitative estimate of drug-likeness (QED) is 0.520. The van der Waals surface area contributed by atoms with Crippen LogP contribution in [-0.2, 0) is 30.3 Å². The molecule has 1 fully saturated rings. The van der Waals surface area contributed by atoms with E-state index < -0.39 is 7.60 Å². The topological polar surface area (TPSA) is 106 Å². The fraction of sp³-hybridized carbons (Fsp3) is 0.545. The summed E-state index contributed by atoms with van der Waals surface area (Å²) in [5.41, 5.74) is 6.13. The smallest absolute Gasteiger partial charge is 0.356 e. The Morgan fingerprint density at radius 3 is 2.39 bits per heavy atom. The molecule has 0 unspecified atom stereocenters. The lowest BCUT2D eigenvalue weighted by Gasteiger charge is -2.23. The highest BCUT2D eigenvalue weighted by Gasteiger charge is 2.55. The number of benzene rings is 1. The van der Waals surface area contributed by atoms with Crippen LogP contribution in [0, 0.1) is 5.92 Å². The minimum absolute atomic E-state index is 0.103. The summed E-state index contributed by atoms with van der Waals surface area (Å²) >= 11 is 0. The molecule has 2 atom stereocenters. The first-order valence-electron chi connectivity index (χ1n) is 10.6. The van der Waals surface area contributed by atoms with Crippen LogP contribution in [-0.4, -0.2) is 34.7 Å². The van der Waals surface area contributed by atoms with Crippen LogP contribution in [0.5, 0.6) is 0 Å². The monoisotopic (exact) mass is 449 g/mol. The maximum atomic E-state index is 13.0. The minimum Gasteiger partial charge on any atom is -0.383 e. The Morgan fingerprint density at radius 1 is 1.16 bits per heavy atom. The van der Waals surface area contributed by atoms with Gasteiger partial charge in [0, 0.05) is 18.2 Å². The van der Waals surface area contributed by atoms with Crippen LogP contribution < -0.4 is 11.4 Å². The summed E-state index contributed by atoms with van der Waals surface area (Å²) in [6.07, 6.45) is 1.94. The van der Waals surface area contributed by atoms with Crippen LogP contribution in [0.3, 0.4) is 0 Å². The van der Waals surface area contributed by atoms with Gasteiger partial charge in [-0.3, -0.25) is 9.13 Å². The van der Waals surface area contributed by atoms with Crippen molar-refractivity contribution >= 4 is 13.4 Å². The largest absolute Gasteiger partial charge is 0.383 e. The van der Waals surface area contributed by atoms with Gasteiger partial charge in [-0.2, -0.15) is 4.98 Å². The third kappa shape index (κ3) is 6.04. The summed E-state index contributed by atoms with van der Waals surface area (Å²) in [6.45, 7) is 8.12. The highest BCUT2D eigenvalue weighted by atomic mass is 31.2. The van der Waals surface area contributed by atoms with Gasteiger partial charge in [-0.25, -0.2) is 4.79 Å². The third-order valence-corrected chi connectivity index (χ3v) is 7.22. The van der Waals surface area contributed by atoms with E-state index >= 15 is 0 Å². The Morgan fingerprint density at radius 2 is 1.81 bits per heavy atom. The Labute approximate surface area is 183 Å². The van der Waals surface area contributed by atoms with Crippen molar-refractivity contribution in [2.24, 2.45) is 5.92 Å². The van der Waals surface area contributed by atoms with Gasteiger partial charge in [-0.05, 0) is 51.7 Å². The van der Waals surface area contributed by atoms with Crippen molar-refractivity contribution in [3.8, 4) is 0 Å². The van der Waals surface area contributed by atoms with Crippen molar-refractivity contribution in [2.45, 2.75) is 58.3 Å². The molecule has 2 aromatic rings. The van der Waals surface area contributed by atoms with Crippen molar-refractivity contribution in [3.63, 3.8) is 0 Å². The molecule has 0 spiro atoms. The lowest BCUT2D eigenvalue weighted by Crippen LogP contribution is -2.30. The van der Waals surface area contributed by atoms with Crippen molar-refractivity contribution in [1.29, 1.82) is 0 Å². The lowest BCUT2D eigenvalue weighted by atomic mass is 9.93. The second kappa shape index (κ2) is 9.65. The molecule has 0 saturated heterocycles. The van der Waals surface area contributed by atoms with Crippen LogP contribution >= 0.6 is 7.60 Å². The van der Waals surface area contributed by atoms with Gasteiger partial charge in [-0.1, -0.05) is 30.3 Å². The van der Waals surface area contributed by atoms with Crippen LogP contribution in [0.2, 0.25) is 0 Å². The fourth-order valence-corrected chi connectivity index (χ4v) is 5.69. The molecule has 1 aromatic heterocycles. The van der Waals surface area contributed by atoms with E-state index in [4.69, 9.17) is 19.5 Å². The Kier molecular flexibility index (Phi) is 7.37. The first-order valence-corrected chi connectivity index (χ1v) is 12.3. The van der Waals surface area contributed by atoms with E-state index in [2.05, 4.69) is 17.1 Å². The number of ether oxygens (including phenoxy) is 1. The zero-order chi connectivity index (χ0) is 22.6. The molecule has 0 radical (unpaired) electrons. The summed E-state index contributed by atoms with van der Waals surface area (Å²) in [4.78, 5) is 16.1. The molecule has 1 aliphatic carbocycles. The number of aromatic nitrogens is 2. The SMILES string of the molecule is CC(C)OP(=O)(COC[C@H]1C[C@]1(Cn1ccc(N)nc1=O)c1ccccc1)OC(C)C. The summed E-state index contributed by atoms with van der Waals surface area (Å²) in [7, 11) is -3.35. The second-order valence-electron chi connectivity index (χ2n) is 8.61. The molecule has 0 bridgehead atoms. The molecule has 1 heterocycles. The van der Waals surface area contributed by atoms with Crippen molar-refractivity contribution in [2.75, 3.05) is 18.7 Å². The highest BCUT2D eigenvalue weighted by molar-refractivity contribution is 7.53. The van der Waals surface area contributed by atoms with E-state index in [1.165, 1.54) is 0 Å². The van der Waals surface area contributed by atoms with Crippen LogP contribution in [0.4, 0.5) is 5.82 Å². The van der Waals surface area contributed by atoms with Gasteiger partial charge in [0.2, 0.25) is 0 Å². The van der Waals surface area contributed by atoms with Crippen molar-refractivity contribution in [1.82, 2.24) is 9.55 Å². The molecule has 1 aliphatic rings. The van der Waals surface area contributed by atoms with E-state index in [9.17, 15) is 9.36 Å². The van der Waals surface area contributed by atoms with Crippen LogP contribution in [0.25, 0.3) is 0 Å². The van der Waals surface area contributed by atoms with Crippen LogP contribution in [0.15, 0.2) is 47.4 Å². The second-order valence-corrected chi connectivity index (χ2v) is 10.5. The molecular weight excluding hydrogens is 417 g/mol. The number of hydrogen-bond acceptors (Lipinski definition) is 7. The van der Waals surface area contributed by atoms with Gasteiger partial charge in [-0.15, -0.1) is 0 Å². The molecule has 3 rings (SSSR count). The number of hydrogen-bond donors (Lipinski definition) is 1. The van der Waals surface area contributed by atoms with E-state index in [-0.39, 0.29) is 41.4 Å². The number of nitrogens with zero attached hydrogens (tertiary/aromatic N) is 2. The van der Waals surface area contributed by atoms with E-state index in [0.29, 0.717) is 13.2 Å². The summed E-state index contributed by atoms with van der Waals surface area (Å²) in [5.74, 6) is 0.364. The maximum absolute atomic E-state index is 13.0. The summed E-state index contributed by atoms with van der Waals surface area (Å²) < 4.78 is 31.5. The minimum atomic E-state index is -3.35. The fourth-order valence-electron chi connectivity index (χ4n) is 3.91. The predicted octanol–water partition coefficient (Wildman–Crippen LogP) is 3.80. The average Bonchev–Trinajstić information content (AvgIpc) is 3.37. The average molecular weight is 449 g/mol. The Bertz CT molecular complexity index is 965. The van der Waals surface area contributed by atoms with Crippen LogP contribution in [0.1, 0.15) is 39.7 Å². The number of nitrogen functional groups attached to an aromatic ring is 1. The Balaban J connectivity index is 1.72. The van der Waals surface area contributed by atoms with Gasteiger partial charge in [0.25, 0.3) is 0 Å². The van der Waals surface area contributed by atoms with E-state index in [0.717, 1.165) is 12.0 Å². The molecule has 170 valence electrons. The molecule has 0 amide bonds. The van der Waals surface area contributed by atoms with Gasteiger partial charge in [0.15, 0.2) is 0 Å². The zero-order valence-corrected chi connectivity index (χ0v) is 19.5. The molecule has 2 N–H and O–H groups in total. The van der Waals surface area contributed by atoms with Gasteiger partial charge < -0.3 is 19.5 Å². The molecule has 31 heavy (non-hydrogen) atoms. The molecule has 1 aromatic carbocycles. The summed E-state index contributed by atoms with van der Waals surface area (Å²) in [6, 6.07) is 11.7. The third-order valence-electron chi connectivity index (χ3n) is 5.24. The van der Waals surface area contributed by atoms with Crippen molar-refractivity contribution < 1.29 is 18.3 Å². The molecular formula is C22H32N3O5P. The number of nitrogens with two attached hydrogens (primary N) is 1. The maximum Gasteiger partial charge on any atom is 0.356 e. The standard InChI is InChI=1S/C22H32N3O5P/c1-16(2)29-31(27,30-17(3)4)15-28-13-19-12-22(19,18-8-6-5-7-9-18)14-25-11-10-20(23)24-21(25)26/h5-11,16-17,19H,12-15H2,1-4H3,(H2,23,24,26)/t19-,22+/m1/s1. The molecule has 0 aliphatic heterocycles. The molecule has 1 saturated carbocycles. The normalized spacial score (nSPS) is 21.0. The van der Waals surface area contributed by atoms with Gasteiger partial charge in [0.05, 0.1) is 18.8 Å². The van der Waals surface area contributed by atoms with Gasteiger partial charge >= 0.3 is 13.3 Å². The lowest BCUT2D eigenvalue weighted by molar-refractivity contribution is 0.0924. The van der Waals surface area contributed by atoms with Gasteiger partial charge in [0.1, 0.15) is 12.2 Å². The van der Waals surface area contributed by atoms with Crippen molar-refractivity contribution in [3.05, 3.63) is 58.6 Å². The zero-order valence-electron chi connectivity index (χ0n) is 18.6. The van der Waals surface area contributed by atoms with E-state index in [1.54, 1.807) is 16.8 Å². The van der Waals surface area contributed by atoms with E-state index in [1.807, 2.05) is 45.9 Å². The number of rotatable bonds is 11. The molecule has 8 nitrogen and oxygen atoms in total. The first-order chi connectivity index (χ1) is 14.6. The molecule has 9 heteroatoms. The highest BCUT2D eigenvalue weighted by Crippen LogP contribution is 2.56. The summed E-state index contributed by atoms with van der Waals surface area (Å²) in [5, 5.41) is 0. The number of anilines is 1. The predicted molar refractivity (Wildman–Crippen MR) is 120 cm³/mol. The first kappa shape index (κ1) is 23.7. The Hall–Kier alpha value is -1.99.